The molecule has 1 atom stereocenters. The van der Waals surface area contributed by atoms with Gasteiger partial charge in [-0.2, -0.15) is 0 Å². The van der Waals surface area contributed by atoms with Gasteiger partial charge in [-0.3, -0.25) is 20.4 Å². The molecule has 0 spiro atoms. The van der Waals surface area contributed by atoms with Crippen LogP contribution in [0, 0.1) is 6.92 Å². The number of thioether (sulfide) groups is 1. The molecule has 2 rings (SSSR count). The van der Waals surface area contributed by atoms with Gasteiger partial charge in [0.25, 0.3) is 11.8 Å². The molecule has 0 unspecified atom stereocenters. The topological polar surface area (TPSA) is 71.3 Å². The van der Waals surface area contributed by atoms with Gasteiger partial charge in [0, 0.05) is 4.90 Å². The smallest absolute Gasteiger partial charge is 0.273 e. The molecule has 0 bridgehead atoms. The third-order valence-corrected chi connectivity index (χ3v) is 3.94. The van der Waals surface area contributed by atoms with Crippen LogP contribution in [0.4, 0.5) is 0 Å². The zero-order valence-corrected chi connectivity index (χ0v) is 12.6. The van der Waals surface area contributed by atoms with Crippen molar-refractivity contribution >= 4 is 23.6 Å². The highest BCUT2D eigenvalue weighted by molar-refractivity contribution is 8.00. The first-order chi connectivity index (χ1) is 10.1. The van der Waals surface area contributed by atoms with Crippen LogP contribution < -0.4 is 10.9 Å². The molecule has 1 aromatic heterocycles. The van der Waals surface area contributed by atoms with Crippen LogP contribution in [0.3, 0.4) is 0 Å². The van der Waals surface area contributed by atoms with Crippen molar-refractivity contribution in [2.24, 2.45) is 0 Å². The molecule has 0 fully saturated rings. The highest BCUT2D eigenvalue weighted by atomic mass is 32.2. The predicted octanol–water partition coefficient (Wildman–Crippen LogP) is 2.53. The van der Waals surface area contributed by atoms with E-state index in [9.17, 15) is 9.59 Å². The van der Waals surface area contributed by atoms with Gasteiger partial charge < -0.3 is 4.42 Å². The van der Waals surface area contributed by atoms with Crippen LogP contribution in [-0.2, 0) is 4.79 Å². The van der Waals surface area contributed by atoms with Crippen LogP contribution in [0.25, 0.3) is 0 Å². The highest BCUT2D eigenvalue weighted by Crippen LogP contribution is 2.22. The molecule has 2 amide bonds. The molecule has 110 valence electrons. The molecule has 0 radical (unpaired) electrons. The maximum Gasteiger partial charge on any atom is 0.273 e. The maximum atomic E-state index is 11.9. The average molecular weight is 304 g/mol. The number of carbonyl (C=O) groups excluding carboxylic acids is 2. The summed E-state index contributed by atoms with van der Waals surface area (Å²) < 4.78 is 5.04. The van der Waals surface area contributed by atoms with E-state index < -0.39 is 5.91 Å². The Bertz CT molecular complexity index is 625. The monoisotopic (exact) mass is 304 g/mol. The normalized spacial score (nSPS) is 11.7. The van der Waals surface area contributed by atoms with Crippen molar-refractivity contribution < 1.29 is 14.0 Å². The molecular weight excluding hydrogens is 288 g/mol. The minimum Gasteiger partial charge on any atom is -0.469 e. The molecule has 1 heterocycles. The number of carbonyl (C=O) groups is 2. The molecule has 0 saturated carbocycles. The van der Waals surface area contributed by atoms with E-state index >= 15 is 0 Å². The Kier molecular flexibility index (Phi) is 5.05. The zero-order valence-electron chi connectivity index (χ0n) is 11.8. The van der Waals surface area contributed by atoms with Gasteiger partial charge in [0.1, 0.15) is 5.76 Å². The van der Waals surface area contributed by atoms with E-state index in [2.05, 4.69) is 10.9 Å². The van der Waals surface area contributed by atoms with Gasteiger partial charge in [-0.05, 0) is 32.0 Å². The zero-order chi connectivity index (χ0) is 15.2. The summed E-state index contributed by atoms with van der Waals surface area (Å²) in [5.74, 6) is -0.154. The van der Waals surface area contributed by atoms with E-state index in [0.29, 0.717) is 11.3 Å². The number of rotatable bonds is 4. The third kappa shape index (κ3) is 4.13. The number of hydrogen-bond acceptors (Lipinski definition) is 4. The molecule has 6 heteroatoms. The average Bonchev–Trinajstić information content (AvgIpc) is 2.91. The summed E-state index contributed by atoms with van der Waals surface area (Å²) in [6.07, 6.45) is 1.43. The Morgan fingerprint density at radius 3 is 2.48 bits per heavy atom. The van der Waals surface area contributed by atoms with Gasteiger partial charge in [0.05, 0.1) is 17.1 Å². The van der Waals surface area contributed by atoms with Crippen molar-refractivity contribution in [2.45, 2.75) is 24.0 Å². The fraction of sp³-hybridized carbons (Fsp3) is 0.200. The maximum absolute atomic E-state index is 11.9. The summed E-state index contributed by atoms with van der Waals surface area (Å²) >= 11 is 1.42. The lowest BCUT2D eigenvalue weighted by Gasteiger charge is -2.12. The van der Waals surface area contributed by atoms with E-state index in [1.807, 2.05) is 30.3 Å². The quantitative estimate of drug-likeness (QED) is 0.672. The van der Waals surface area contributed by atoms with Crippen LogP contribution in [-0.4, -0.2) is 17.1 Å². The van der Waals surface area contributed by atoms with Gasteiger partial charge in [-0.25, -0.2) is 0 Å². The van der Waals surface area contributed by atoms with Gasteiger partial charge in [-0.1, -0.05) is 18.2 Å². The fourth-order valence-electron chi connectivity index (χ4n) is 1.66. The number of hydrogen-bond donors (Lipinski definition) is 2. The van der Waals surface area contributed by atoms with E-state index in [1.54, 1.807) is 19.9 Å². The summed E-state index contributed by atoms with van der Waals surface area (Å²) in [5.41, 5.74) is 5.20. The van der Waals surface area contributed by atoms with Crippen molar-refractivity contribution in [2.75, 3.05) is 0 Å². The molecule has 2 N–H and O–H groups in total. The lowest BCUT2D eigenvalue weighted by molar-refractivity contribution is -0.121. The lowest BCUT2D eigenvalue weighted by atomic mass is 10.2. The largest absolute Gasteiger partial charge is 0.469 e. The number of benzene rings is 1. The number of aryl methyl sites for hydroxylation is 1. The van der Waals surface area contributed by atoms with Crippen LogP contribution in [0.2, 0.25) is 0 Å². The van der Waals surface area contributed by atoms with E-state index in [-0.39, 0.29) is 11.2 Å². The highest BCUT2D eigenvalue weighted by Gasteiger charge is 2.16. The van der Waals surface area contributed by atoms with Crippen molar-refractivity contribution in [3.63, 3.8) is 0 Å². The Morgan fingerprint density at radius 2 is 1.86 bits per heavy atom. The fourth-order valence-corrected chi connectivity index (χ4v) is 2.55. The molecule has 2 aromatic rings. The molecular formula is C15H16N2O3S. The van der Waals surface area contributed by atoms with Gasteiger partial charge in [0.2, 0.25) is 0 Å². The standard InChI is InChI=1S/C15H16N2O3S/c1-10-13(8-9-20-10)15(19)17-16-14(18)11(2)21-12-6-4-3-5-7-12/h3-9,11H,1-2H3,(H,16,18)(H,17,19)/t11-/m1/s1. The molecule has 1 aromatic carbocycles. The van der Waals surface area contributed by atoms with Crippen LogP contribution >= 0.6 is 11.8 Å². The number of furan rings is 1. The molecule has 5 nitrogen and oxygen atoms in total. The minimum absolute atomic E-state index is 0.265. The second-order valence-electron chi connectivity index (χ2n) is 4.41. The SMILES string of the molecule is Cc1occc1C(=O)NNC(=O)[C@@H](C)Sc1ccccc1. The van der Waals surface area contributed by atoms with E-state index in [1.165, 1.54) is 18.0 Å². The number of hydrazine groups is 1. The minimum atomic E-state index is -0.397. The first-order valence-electron chi connectivity index (χ1n) is 6.44. The summed E-state index contributed by atoms with van der Waals surface area (Å²) in [7, 11) is 0. The Balaban J connectivity index is 1.84. The van der Waals surface area contributed by atoms with Crippen molar-refractivity contribution in [3.05, 3.63) is 54.0 Å². The summed E-state index contributed by atoms with van der Waals surface area (Å²) in [6, 6.07) is 11.2. The molecule has 21 heavy (non-hydrogen) atoms. The van der Waals surface area contributed by atoms with Crippen molar-refractivity contribution in [1.82, 2.24) is 10.9 Å². The third-order valence-electron chi connectivity index (χ3n) is 2.83. The Morgan fingerprint density at radius 1 is 1.14 bits per heavy atom. The number of amides is 2. The summed E-state index contributed by atoms with van der Waals surface area (Å²) in [4.78, 5) is 24.8. The summed E-state index contributed by atoms with van der Waals surface area (Å²) in [5, 5.41) is -0.321. The van der Waals surface area contributed by atoms with Gasteiger partial charge >= 0.3 is 0 Å². The summed E-state index contributed by atoms with van der Waals surface area (Å²) in [6.45, 7) is 3.47. The van der Waals surface area contributed by atoms with Gasteiger partial charge in [0.15, 0.2) is 0 Å². The second kappa shape index (κ2) is 6.99. The second-order valence-corrected chi connectivity index (χ2v) is 5.82. The molecule has 0 aliphatic carbocycles. The van der Waals surface area contributed by atoms with E-state index in [4.69, 9.17) is 4.42 Å². The van der Waals surface area contributed by atoms with E-state index in [0.717, 1.165) is 4.90 Å². The Labute approximate surface area is 127 Å². The Hall–Kier alpha value is -2.21. The predicted molar refractivity (Wildman–Crippen MR) is 80.8 cm³/mol. The lowest BCUT2D eigenvalue weighted by Crippen LogP contribution is -2.44. The van der Waals surface area contributed by atoms with Crippen LogP contribution in [0.15, 0.2) is 52.0 Å². The van der Waals surface area contributed by atoms with Crippen LogP contribution in [0.1, 0.15) is 23.0 Å². The van der Waals surface area contributed by atoms with Crippen molar-refractivity contribution in [3.8, 4) is 0 Å². The molecule has 0 aliphatic heterocycles. The first-order valence-corrected chi connectivity index (χ1v) is 7.32. The van der Waals surface area contributed by atoms with Gasteiger partial charge in [-0.15, -0.1) is 11.8 Å². The number of nitrogens with one attached hydrogen (secondary N) is 2. The molecule has 0 aliphatic rings. The van der Waals surface area contributed by atoms with Crippen molar-refractivity contribution in [1.29, 1.82) is 0 Å². The first kappa shape index (κ1) is 15.2. The molecule has 0 saturated heterocycles. The van der Waals surface area contributed by atoms with Crippen LogP contribution in [0.5, 0.6) is 0 Å².